The van der Waals surface area contributed by atoms with Gasteiger partial charge in [-0.3, -0.25) is 0 Å². The molecule has 0 aliphatic carbocycles. The maximum absolute atomic E-state index is 9.41. The van der Waals surface area contributed by atoms with Crippen LogP contribution in [0.1, 0.15) is 26.7 Å². The molecule has 0 aromatic rings. The monoisotopic (exact) mass is 175 g/mol. The Morgan fingerprint density at radius 2 is 2.08 bits per heavy atom. The van der Waals surface area contributed by atoms with Crippen molar-refractivity contribution in [2.45, 2.75) is 38.8 Å². The summed E-state index contributed by atoms with van der Waals surface area (Å²) in [6.07, 6.45) is 1.51. The van der Waals surface area contributed by atoms with Crippen LogP contribution >= 0.6 is 0 Å². The fourth-order valence-electron chi connectivity index (χ4n) is 0.937. The van der Waals surface area contributed by atoms with Gasteiger partial charge in [-0.25, -0.2) is 0 Å². The molecule has 0 fully saturated rings. The standard InChI is InChI=1S/C9H21NO2/c1-8(2)10-7-9(11)5-4-6-12-3/h8-11H,4-7H2,1-3H3/t9-/m1/s1. The molecule has 0 radical (unpaired) electrons. The van der Waals surface area contributed by atoms with Crippen LogP contribution in [-0.4, -0.2) is 37.5 Å². The highest BCUT2D eigenvalue weighted by Crippen LogP contribution is 1.96. The van der Waals surface area contributed by atoms with Gasteiger partial charge in [0.05, 0.1) is 6.10 Å². The average molecular weight is 175 g/mol. The molecule has 74 valence electrons. The van der Waals surface area contributed by atoms with Crippen LogP contribution in [0.15, 0.2) is 0 Å². The summed E-state index contributed by atoms with van der Waals surface area (Å²) in [5.41, 5.74) is 0. The zero-order valence-corrected chi connectivity index (χ0v) is 8.34. The molecule has 0 heterocycles. The molecule has 0 rings (SSSR count). The second-order valence-electron chi connectivity index (χ2n) is 3.35. The fraction of sp³-hybridized carbons (Fsp3) is 1.00. The largest absolute Gasteiger partial charge is 0.392 e. The lowest BCUT2D eigenvalue weighted by Gasteiger charge is -2.13. The van der Waals surface area contributed by atoms with E-state index in [0.717, 1.165) is 19.4 Å². The van der Waals surface area contributed by atoms with E-state index in [1.54, 1.807) is 7.11 Å². The lowest BCUT2D eigenvalue weighted by atomic mass is 10.2. The van der Waals surface area contributed by atoms with E-state index in [1.165, 1.54) is 0 Å². The van der Waals surface area contributed by atoms with Crippen molar-refractivity contribution in [1.29, 1.82) is 0 Å². The molecule has 0 saturated heterocycles. The van der Waals surface area contributed by atoms with Crippen LogP contribution in [0.3, 0.4) is 0 Å². The van der Waals surface area contributed by atoms with E-state index in [1.807, 2.05) is 0 Å². The van der Waals surface area contributed by atoms with Crippen molar-refractivity contribution in [2.75, 3.05) is 20.3 Å². The maximum atomic E-state index is 9.41. The number of rotatable bonds is 7. The van der Waals surface area contributed by atoms with E-state index in [0.29, 0.717) is 12.6 Å². The van der Waals surface area contributed by atoms with Gasteiger partial charge in [0, 0.05) is 26.3 Å². The first-order valence-corrected chi connectivity index (χ1v) is 4.57. The van der Waals surface area contributed by atoms with E-state index in [-0.39, 0.29) is 6.10 Å². The van der Waals surface area contributed by atoms with Crippen molar-refractivity contribution in [3.05, 3.63) is 0 Å². The highest BCUT2D eigenvalue weighted by atomic mass is 16.5. The number of nitrogens with one attached hydrogen (secondary N) is 1. The molecule has 3 heteroatoms. The molecule has 12 heavy (non-hydrogen) atoms. The molecular formula is C9H21NO2. The molecule has 0 amide bonds. The minimum absolute atomic E-state index is 0.234. The molecule has 1 atom stereocenters. The number of hydrogen-bond donors (Lipinski definition) is 2. The highest BCUT2D eigenvalue weighted by molar-refractivity contribution is 4.61. The predicted octanol–water partition coefficient (Wildman–Crippen LogP) is 0.772. The van der Waals surface area contributed by atoms with Crippen LogP contribution in [0.2, 0.25) is 0 Å². The summed E-state index contributed by atoms with van der Waals surface area (Å²) in [6, 6.07) is 0.446. The van der Waals surface area contributed by atoms with Crippen LogP contribution in [0.25, 0.3) is 0 Å². The van der Waals surface area contributed by atoms with Crippen LogP contribution < -0.4 is 5.32 Å². The average Bonchev–Trinajstić information content (AvgIpc) is 2.01. The van der Waals surface area contributed by atoms with Gasteiger partial charge in [0.15, 0.2) is 0 Å². The Balaban J connectivity index is 3.15. The summed E-state index contributed by atoms with van der Waals surface area (Å²) in [6.45, 7) is 5.56. The van der Waals surface area contributed by atoms with Crippen molar-refractivity contribution in [1.82, 2.24) is 5.32 Å². The Morgan fingerprint density at radius 3 is 2.58 bits per heavy atom. The molecule has 0 unspecified atom stereocenters. The minimum Gasteiger partial charge on any atom is -0.392 e. The number of ether oxygens (including phenoxy) is 1. The van der Waals surface area contributed by atoms with E-state index < -0.39 is 0 Å². The predicted molar refractivity (Wildman–Crippen MR) is 50.3 cm³/mol. The van der Waals surface area contributed by atoms with Crippen LogP contribution in [-0.2, 0) is 4.74 Å². The van der Waals surface area contributed by atoms with Crippen molar-refractivity contribution in [3.63, 3.8) is 0 Å². The number of methoxy groups -OCH3 is 1. The van der Waals surface area contributed by atoms with Crippen molar-refractivity contribution >= 4 is 0 Å². The molecule has 2 N–H and O–H groups in total. The first kappa shape index (κ1) is 11.9. The third-order valence-electron chi connectivity index (χ3n) is 1.65. The molecule has 0 saturated carbocycles. The second kappa shape index (κ2) is 7.53. The van der Waals surface area contributed by atoms with Gasteiger partial charge >= 0.3 is 0 Å². The van der Waals surface area contributed by atoms with E-state index >= 15 is 0 Å². The topological polar surface area (TPSA) is 41.5 Å². The Kier molecular flexibility index (Phi) is 7.45. The quantitative estimate of drug-likeness (QED) is 0.562. The van der Waals surface area contributed by atoms with Gasteiger partial charge in [0.25, 0.3) is 0 Å². The normalized spacial score (nSPS) is 13.8. The zero-order valence-electron chi connectivity index (χ0n) is 8.34. The fourth-order valence-corrected chi connectivity index (χ4v) is 0.937. The van der Waals surface area contributed by atoms with Crippen LogP contribution in [0.4, 0.5) is 0 Å². The van der Waals surface area contributed by atoms with Gasteiger partial charge in [-0.15, -0.1) is 0 Å². The van der Waals surface area contributed by atoms with E-state index in [2.05, 4.69) is 19.2 Å². The number of aliphatic hydroxyl groups excluding tert-OH is 1. The molecule has 0 bridgehead atoms. The number of aliphatic hydroxyl groups is 1. The second-order valence-corrected chi connectivity index (χ2v) is 3.35. The summed E-state index contributed by atoms with van der Waals surface area (Å²) in [7, 11) is 1.68. The summed E-state index contributed by atoms with van der Waals surface area (Å²) in [5, 5.41) is 12.6. The first-order chi connectivity index (χ1) is 5.66. The summed E-state index contributed by atoms with van der Waals surface area (Å²) < 4.78 is 4.89. The molecule has 0 aliphatic rings. The third-order valence-corrected chi connectivity index (χ3v) is 1.65. The van der Waals surface area contributed by atoms with Gasteiger partial charge in [0.1, 0.15) is 0 Å². The Hall–Kier alpha value is -0.120. The van der Waals surface area contributed by atoms with Crippen LogP contribution in [0, 0.1) is 0 Å². The molecule has 0 aromatic heterocycles. The van der Waals surface area contributed by atoms with Gasteiger partial charge < -0.3 is 15.2 Å². The molecule has 3 nitrogen and oxygen atoms in total. The lowest BCUT2D eigenvalue weighted by molar-refractivity contribution is 0.132. The minimum atomic E-state index is -0.234. The van der Waals surface area contributed by atoms with Crippen molar-refractivity contribution in [3.8, 4) is 0 Å². The first-order valence-electron chi connectivity index (χ1n) is 4.57. The number of hydrogen-bond acceptors (Lipinski definition) is 3. The molecule has 0 spiro atoms. The molecular weight excluding hydrogens is 154 g/mol. The van der Waals surface area contributed by atoms with Gasteiger partial charge in [0.2, 0.25) is 0 Å². The van der Waals surface area contributed by atoms with E-state index in [4.69, 9.17) is 4.74 Å². The smallest absolute Gasteiger partial charge is 0.0665 e. The zero-order chi connectivity index (χ0) is 9.40. The van der Waals surface area contributed by atoms with Crippen molar-refractivity contribution < 1.29 is 9.84 Å². The summed E-state index contributed by atoms with van der Waals surface area (Å²) in [4.78, 5) is 0. The van der Waals surface area contributed by atoms with E-state index in [9.17, 15) is 5.11 Å². The van der Waals surface area contributed by atoms with Gasteiger partial charge in [-0.05, 0) is 12.8 Å². The Morgan fingerprint density at radius 1 is 1.42 bits per heavy atom. The lowest BCUT2D eigenvalue weighted by Crippen LogP contribution is -2.31. The summed E-state index contributed by atoms with van der Waals surface area (Å²) >= 11 is 0. The SMILES string of the molecule is COCCC[C@@H](O)CNC(C)C. The van der Waals surface area contributed by atoms with Gasteiger partial charge in [-0.2, -0.15) is 0 Å². The van der Waals surface area contributed by atoms with Crippen LogP contribution in [0.5, 0.6) is 0 Å². The van der Waals surface area contributed by atoms with Crippen molar-refractivity contribution in [2.24, 2.45) is 0 Å². The Labute approximate surface area is 75.1 Å². The summed E-state index contributed by atoms with van der Waals surface area (Å²) in [5.74, 6) is 0. The highest BCUT2D eigenvalue weighted by Gasteiger charge is 2.03. The maximum Gasteiger partial charge on any atom is 0.0665 e. The molecule has 0 aromatic carbocycles. The Bertz CT molecular complexity index is 96.5. The third kappa shape index (κ3) is 7.98. The van der Waals surface area contributed by atoms with Gasteiger partial charge in [-0.1, -0.05) is 13.8 Å². The molecule has 0 aliphatic heterocycles.